The van der Waals surface area contributed by atoms with Crippen molar-refractivity contribution < 1.29 is 19.0 Å². The molecule has 3 nitrogen and oxygen atoms in total. The van der Waals surface area contributed by atoms with Crippen LogP contribution < -0.4 is 5.32 Å². The van der Waals surface area contributed by atoms with Gasteiger partial charge in [-0.15, -0.1) is 0 Å². The number of aliphatic hydroxyl groups excluding tert-OH is 2. The second-order valence-corrected chi connectivity index (χ2v) is 3.10. The highest BCUT2D eigenvalue weighted by Crippen LogP contribution is 2.19. The summed E-state index contributed by atoms with van der Waals surface area (Å²) >= 11 is 0. The molecule has 3 unspecified atom stereocenters. The Hall–Kier alpha value is -0.260. The second kappa shape index (κ2) is 4.11. The Morgan fingerprint density at radius 2 is 2.00 bits per heavy atom. The number of piperidine rings is 1. The molecule has 1 rings (SSSR count). The third-order valence-electron chi connectivity index (χ3n) is 2.12. The number of hydrogen-bond acceptors (Lipinski definition) is 3. The van der Waals surface area contributed by atoms with Crippen molar-refractivity contribution in [1.29, 1.82) is 0 Å². The van der Waals surface area contributed by atoms with Crippen LogP contribution in [-0.4, -0.2) is 41.9 Å². The summed E-state index contributed by atoms with van der Waals surface area (Å²) in [4.78, 5) is 0. The first-order valence-corrected chi connectivity index (χ1v) is 3.96. The van der Waals surface area contributed by atoms with Gasteiger partial charge in [-0.05, 0) is 0 Å². The number of hydrogen-bond donors (Lipinski definition) is 3. The Morgan fingerprint density at radius 3 is 2.58 bits per heavy atom. The van der Waals surface area contributed by atoms with Crippen molar-refractivity contribution in [3.05, 3.63) is 0 Å². The number of β-amino-alcohol motifs (C(OH)–C–C–N with tert-alkyl or cyclic N) is 1. The monoisotopic (exact) mass is 181 g/mol. The van der Waals surface area contributed by atoms with Crippen LogP contribution in [0.2, 0.25) is 0 Å². The topological polar surface area (TPSA) is 52.5 Å². The third-order valence-corrected chi connectivity index (χ3v) is 2.12. The van der Waals surface area contributed by atoms with E-state index in [2.05, 4.69) is 5.32 Å². The number of aliphatic hydroxyl groups is 2. The van der Waals surface area contributed by atoms with Crippen LogP contribution in [0.25, 0.3) is 0 Å². The van der Waals surface area contributed by atoms with Gasteiger partial charge in [0.25, 0.3) is 0 Å². The van der Waals surface area contributed by atoms with E-state index < -0.39 is 24.6 Å². The molecule has 0 aliphatic carbocycles. The minimum Gasteiger partial charge on any atom is -0.390 e. The van der Waals surface area contributed by atoms with Crippen LogP contribution in [0.3, 0.4) is 0 Å². The Morgan fingerprint density at radius 1 is 1.33 bits per heavy atom. The lowest BCUT2D eigenvalue weighted by Gasteiger charge is -2.32. The average Bonchev–Trinajstić information content (AvgIpc) is 1.98. The summed E-state index contributed by atoms with van der Waals surface area (Å²) in [6.45, 7) is 0.628. The first-order chi connectivity index (χ1) is 5.61. The number of alkyl halides is 2. The van der Waals surface area contributed by atoms with Gasteiger partial charge < -0.3 is 15.5 Å². The summed E-state index contributed by atoms with van der Waals surface area (Å²) in [6.07, 6.45) is -4.70. The maximum absolute atomic E-state index is 11.9. The molecule has 1 aliphatic heterocycles. The van der Waals surface area contributed by atoms with Crippen molar-refractivity contribution in [2.24, 2.45) is 5.92 Å². The molecule has 0 amide bonds. The van der Waals surface area contributed by atoms with E-state index in [0.717, 1.165) is 0 Å². The van der Waals surface area contributed by atoms with Gasteiger partial charge in [-0.3, -0.25) is 0 Å². The molecule has 0 aromatic heterocycles. The van der Waals surface area contributed by atoms with Gasteiger partial charge in [-0.2, -0.15) is 0 Å². The molecule has 0 bridgehead atoms. The molecule has 1 fully saturated rings. The molecule has 72 valence electrons. The standard InChI is InChI=1S/C7H13F2NO2/c8-6(9)1-4-2-10-3-5(11)7(4)12/h4-7,10-12H,1-3H2. The molecule has 1 heterocycles. The molecule has 0 spiro atoms. The van der Waals surface area contributed by atoms with Gasteiger partial charge in [0.15, 0.2) is 0 Å². The van der Waals surface area contributed by atoms with E-state index in [9.17, 15) is 13.9 Å². The van der Waals surface area contributed by atoms with Crippen LogP contribution in [0.1, 0.15) is 6.42 Å². The van der Waals surface area contributed by atoms with Crippen LogP contribution >= 0.6 is 0 Å². The lowest BCUT2D eigenvalue weighted by molar-refractivity contribution is -0.0509. The highest BCUT2D eigenvalue weighted by Gasteiger charge is 2.31. The summed E-state index contributed by atoms with van der Waals surface area (Å²) in [7, 11) is 0. The largest absolute Gasteiger partial charge is 0.390 e. The fourth-order valence-electron chi connectivity index (χ4n) is 1.42. The quantitative estimate of drug-likeness (QED) is 0.542. The first-order valence-electron chi connectivity index (χ1n) is 3.96. The van der Waals surface area contributed by atoms with Crippen LogP contribution in [0.15, 0.2) is 0 Å². The van der Waals surface area contributed by atoms with Crippen molar-refractivity contribution in [2.75, 3.05) is 13.1 Å². The Bertz CT molecular complexity index is 145. The van der Waals surface area contributed by atoms with Crippen molar-refractivity contribution in [3.63, 3.8) is 0 Å². The van der Waals surface area contributed by atoms with Crippen LogP contribution in [0, 0.1) is 5.92 Å². The highest BCUT2D eigenvalue weighted by molar-refractivity contribution is 4.84. The van der Waals surface area contributed by atoms with Crippen molar-refractivity contribution >= 4 is 0 Å². The van der Waals surface area contributed by atoms with Gasteiger partial charge in [-0.1, -0.05) is 0 Å². The molecule has 0 saturated carbocycles. The van der Waals surface area contributed by atoms with E-state index in [-0.39, 0.29) is 13.0 Å². The molecule has 1 aliphatic rings. The second-order valence-electron chi connectivity index (χ2n) is 3.10. The van der Waals surface area contributed by atoms with Crippen molar-refractivity contribution in [2.45, 2.75) is 25.1 Å². The zero-order chi connectivity index (χ0) is 9.14. The van der Waals surface area contributed by atoms with Crippen molar-refractivity contribution in [3.8, 4) is 0 Å². The van der Waals surface area contributed by atoms with Gasteiger partial charge >= 0.3 is 0 Å². The lowest BCUT2D eigenvalue weighted by atomic mass is 9.91. The average molecular weight is 181 g/mol. The molecule has 0 radical (unpaired) electrons. The maximum Gasteiger partial charge on any atom is 0.239 e. The van der Waals surface area contributed by atoms with Crippen LogP contribution in [0.4, 0.5) is 8.78 Å². The molecule has 0 aromatic rings. The normalized spacial score (nSPS) is 37.2. The SMILES string of the molecule is OC1CNCC(CC(F)F)C1O. The Balaban J connectivity index is 2.41. The highest BCUT2D eigenvalue weighted by atomic mass is 19.3. The van der Waals surface area contributed by atoms with Crippen LogP contribution in [0.5, 0.6) is 0 Å². The number of halogens is 2. The summed E-state index contributed by atoms with van der Waals surface area (Å²) in [5.74, 6) is -0.534. The van der Waals surface area contributed by atoms with Gasteiger partial charge in [-0.25, -0.2) is 8.78 Å². The predicted octanol–water partition coefficient (Wildman–Crippen LogP) is -0.417. The van der Waals surface area contributed by atoms with E-state index in [1.54, 1.807) is 0 Å². The molecule has 0 aromatic carbocycles. The zero-order valence-corrected chi connectivity index (χ0v) is 6.58. The predicted molar refractivity (Wildman–Crippen MR) is 39.0 cm³/mol. The number of rotatable bonds is 2. The van der Waals surface area contributed by atoms with Crippen LogP contribution in [-0.2, 0) is 0 Å². The fraction of sp³-hybridized carbons (Fsp3) is 1.00. The first kappa shape index (κ1) is 9.83. The minimum absolute atomic E-state index is 0.279. The minimum atomic E-state index is -2.42. The molecular formula is C7H13F2NO2. The third kappa shape index (κ3) is 2.36. The van der Waals surface area contributed by atoms with Gasteiger partial charge in [0.2, 0.25) is 6.43 Å². The zero-order valence-electron chi connectivity index (χ0n) is 6.58. The summed E-state index contributed by atoms with van der Waals surface area (Å²) in [5.41, 5.74) is 0. The van der Waals surface area contributed by atoms with E-state index in [1.807, 2.05) is 0 Å². The molecule has 3 atom stereocenters. The molecule has 5 heteroatoms. The maximum atomic E-state index is 11.9. The van der Waals surface area contributed by atoms with Crippen molar-refractivity contribution in [1.82, 2.24) is 5.32 Å². The fourth-order valence-corrected chi connectivity index (χ4v) is 1.42. The summed E-state index contributed by atoms with van der Waals surface area (Å²) in [6, 6.07) is 0. The van der Waals surface area contributed by atoms with Gasteiger partial charge in [0, 0.05) is 25.4 Å². The van der Waals surface area contributed by atoms with E-state index >= 15 is 0 Å². The molecule has 1 saturated heterocycles. The Kier molecular flexibility index (Phi) is 3.37. The van der Waals surface area contributed by atoms with E-state index in [4.69, 9.17) is 5.11 Å². The summed E-state index contributed by atoms with van der Waals surface area (Å²) in [5, 5.41) is 21.1. The Labute approximate surface area is 69.4 Å². The van der Waals surface area contributed by atoms with Gasteiger partial charge in [0.1, 0.15) is 0 Å². The molecule has 12 heavy (non-hydrogen) atoms. The smallest absolute Gasteiger partial charge is 0.239 e. The molecular weight excluding hydrogens is 168 g/mol. The number of nitrogens with one attached hydrogen (secondary N) is 1. The summed E-state index contributed by atoms with van der Waals surface area (Å²) < 4.78 is 23.8. The van der Waals surface area contributed by atoms with E-state index in [1.165, 1.54) is 0 Å². The van der Waals surface area contributed by atoms with E-state index in [0.29, 0.717) is 6.54 Å². The molecule has 3 N–H and O–H groups in total. The van der Waals surface area contributed by atoms with Gasteiger partial charge in [0.05, 0.1) is 12.2 Å². The lowest BCUT2D eigenvalue weighted by Crippen LogP contribution is -2.50.